The van der Waals surface area contributed by atoms with E-state index in [1.165, 1.54) is 13.0 Å². The van der Waals surface area contributed by atoms with Crippen molar-refractivity contribution in [2.75, 3.05) is 5.32 Å². The predicted molar refractivity (Wildman–Crippen MR) is 49.7 cm³/mol. The van der Waals surface area contributed by atoms with Crippen LogP contribution in [0.4, 0.5) is 27.6 Å². The van der Waals surface area contributed by atoms with E-state index < -0.39 is 40.7 Å². The molecular weight excluding hydrogens is 245 g/mol. The highest BCUT2D eigenvalue weighted by Crippen LogP contribution is 2.26. The summed E-state index contributed by atoms with van der Waals surface area (Å²) in [7, 11) is 0. The minimum absolute atomic E-state index is 0.873. The second-order valence-electron chi connectivity index (χ2n) is 2.93. The normalized spacial score (nSPS) is 10.9. The number of nitrogens with one attached hydrogen (secondary N) is 1. The molecule has 7 heteroatoms. The van der Waals surface area contributed by atoms with Crippen LogP contribution in [-0.4, -0.2) is 5.91 Å². The summed E-state index contributed by atoms with van der Waals surface area (Å²) in [4.78, 5) is 11.0. The van der Waals surface area contributed by atoms with Crippen LogP contribution in [0.15, 0.2) is 12.2 Å². The molecule has 0 aliphatic carbocycles. The second kappa shape index (κ2) is 4.94. The molecule has 1 amide bonds. The van der Waals surface area contributed by atoms with Crippen LogP contribution in [0.1, 0.15) is 6.92 Å². The molecule has 0 unspecified atom stereocenters. The number of benzene rings is 1. The van der Waals surface area contributed by atoms with Crippen LogP contribution < -0.4 is 5.32 Å². The van der Waals surface area contributed by atoms with Gasteiger partial charge in [-0.05, 0) is 13.0 Å². The first kappa shape index (κ1) is 13.1. The molecule has 0 fully saturated rings. The van der Waals surface area contributed by atoms with Gasteiger partial charge in [0, 0.05) is 0 Å². The number of allylic oxidation sites excluding steroid dienone is 1. The number of carbonyl (C=O) groups excluding carboxylic acids is 1. The highest BCUT2D eigenvalue weighted by Gasteiger charge is 2.26. The summed E-state index contributed by atoms with van der Waals surface area (Å²) in [6.45, 7) is 1.44. The summed E-state index contributed by atoms with van der Waals surface area (Å²) in [6.07, 6.45) is 2.11. The van der Waals surface area contributed by atoms with Crippen molar-refractivity contribution < 1.29 is 26.7 Å². The fraction of sp³-hybridized carbons (Fsp3) is 0.100. The lowest BCUT2D eigenvalue weighted by atomic mass is 10.2. The van der Waals surface area contributed by atoms with Gasteiger partial charge in [0.2, 0.25) is 11.7 Å². The van der Waals surface area contributed by atoms with Gasteiger partial charge < -0.3 is 5.32 Å². The Bertz CT molecular complexity index is 469. The van der Waals surface area contributed by atoms with Gasteiger partial charge in [-0.3, -0.25) is 4.79 Å². The zero-order valence-corrected chi connectivity index (χ0v) is 8.45. The molecule has 92 valence electrons. The van der Waals surface area contributed by atoms with Crippen LogP contribution in [0.3, 0.4) is 0 Å². The zero-order valence-electron chi connectivity index (χ0n) is 8.45. The van der Waals surface area contributed by atoms with Gasteiger partial charge in [-0.15, -0.1) is 0 Å². The van der Waals surface area contributed by atoms with E-state index in [1.54, 1.807) is 5.32 Å². The minimum atomic E-state index is -2.27. The van der Waals surface area contributed by atoms with E-state index in [2.05, 4.69) is 0 Å². The van der Waals surface area contributed by atoms with Crippen molar-refractivity contribution in [1.82, 2.24) is 0 Å². The van der Waals surface area contributed by atoms with E-state index in [4.69, 9.17) is 0 Å². The zero-order chi connectivity index (χ0) is 13.2. The van der Waals surface area contributed by atoms with Crippen LogP contribution in [0, 0.1) is 29.1 Å². The van der Waals surface area contributed by atoms with Gasteiger partial charge in [0.15, 0.2) is 23.3 Å². The van der Waals surface area contributed by atoms with E-state index in [0.717, 1.165) is 6.08 Å². The molecule has 1 aromatic rings. The molecule has 1 rings (SSSR count). The molecule has 0 aliphatic heterocycles. The van der Waals surface area contributed by atoms with Crippen LogP contribution in [0.5, 0.6) is 0 Å². The maximum absolute atomic E-state index is 13.0. The number of carbonyl (C=O) groups is 1. The molecule has 2 nitrogen and oxygen atoms in total. The van der Waals surface area contributed by atoms with Crippen molar-refractivity contribution >= 4 is 11.6 Å². The lowest BCUT2D eigenvalue weighted by Gasteiger charge is -2.07. The van der Waals surface area contributed by atoms with Crippen molar-refractivity contribution in [3.05, 3.63) is 41.2 Å². The van der Waals surface area contributed by atoms with Crippen molar-refractivity contribution in [3.63, 3.8) is 0 Å². The molecule has 0 radical (unpaired) electrons. The average Bonchev–Trinajstić information content (AvgIpc) is 2.30. The fourth-order valence-electron chi connectivity index (χ4n) is 1.03. The Balaban J connectivity index is 3.30. The minimum Gasteiger partial charge on any atom is -0.317 e. The number of hydrogen-bond donors (Lipinski definition) is 1. The SMILES string of the molecule is C/C=C/C(=O)Nc1c(F)c(F)c(F)c(F)c1F. The first-order chi connectivity index (χ1) is 7.90. The summed E-state index contributed by atoms with van der Waals surface area (Å²) in [5, 5.41) is 1.57. The van der Waals surface area contributed by atoms with Gasteiger partial charge in [-0.1, -0.05) is 6.08 Å². The second-order valence-corrected chi connectivity index (χ2v) is 2.93. The molecule has 0 spiro atoms. The largest absolute Gasteiger partial charge is 0.317 e. The Labute approximate surface area is 92.7 Å². The molecule has 0 aromatic heterocycles. The summed E-state index contributed by atoms with van der Waals surface area (Å²) in [5.41, 5.74) is -1.37. The number of halogens is 5. The lowest BCUT2D eigenvalue weighted by molar-refractivity contribution is -0.112. The molecule has 1 aromatic carbocycles. The molecule has 0 bridgehead atoms. The Morgan fingerprint density at radius 1 is 0.941 bits per heavy atom. The molecule has 0 saturated carbocycles. The highest BCUT2D eigenvalue weighted by atomic mass is 19.2. The average molecular weight is 251 g/mol. The Morgan fingerprint density at radius 3 is 1.76 bits per heavy atom. The number of rotatable bonds is 2. The topological polar surface area (TPSA) is 29.1 Å². The summed E-state index contributed by atoms with van der Waals surface area (Å²) < 4.78 is 64.1. The first-order valence-corrected chi connectivity index (χ1v) is 4.35. The summed E-state index contributed by atoms with van der Waals surface area (Å²) in [5.74, 6) is -11.7. The van der Waals surface area contributed by atoms with Crippen molar-refractivity contribution in [1.29, 1.82) is 0 Å². The number of anilines is 1. The molecule has 1 N–H and O–H groups in total. The van der Waals surface area contributed by atoms with Crippen LogP contribution in [0.25, 0.3) is 0 Å². The third-order valence-electron chi connectivity index (χ3n) is 1.78. The smallest absolute Gasteiger partial charge is 0.248 e. The highest BCUT2D eigenvalue weighted by molar-refractivity contribution is 5.99. The van der Waals surface area contributed by atoms with Crippen molar-refractivity contribution in [2.45, 2.75) is 6.92 Å². The van der Waals surface area contributed by atoms with E-state index >= 15 is 0 Å². The fourth-order valence-corrected chi connectivity index (χ4v) is 1.03. The Morgan fingerprint density at radius 2 is 1.35 bits per heavy atom. The molecular formula is C10H6F5NO. The Kier molecular flexibility index (Phi) is 3.82. The number of hydrogen-bond acceptors (Lipinski definition) is 1. The van der Waals surface area contributed by atoms with Crippen molar-refractivity contribution in [2.24, 2.45) is 0 Å². The van der Waals surface area contributed by atoms with E-state index in [-0.39, 0.29) is 0 Å². The van der Waals surface area contributed by atoms with Gasteiger partial charge >= 0.3 is 0 Å². The molecule has 17 heavy (non-hydrogen) atoms. The lowest BCUT2D eigenvalue weighted by Crippen LogP contribution is -2.14. The quantitative estimate of drug-likeness (QED) is 0.372. The number of amides is 1. The van der Waals surface area contributed by atoms with Gasteiger partial charge in [0.25, 0.3) is 0 Å². The third kappa shape index (κ3) is 2.43. The first-order valence-electron chi connectivity index (χ1n) is 4.35. The van der Waals surface area contributed by atoms with Gasteiger partial charge in [0.05, 0.1) is 0 Å². The molecule has 0 aliphatic rings. The van der Waals surface area contributed by atoms with Crippen LogP contribution >= 0.6 is 0 Å². The van der Waals surface area contributed by atoms with E-state index in [1.807, 2.05) is 0 Å². The van der Waals surface area contributed by atoms with Crippen molar-refractivity contribution in [3.8, 4) is 0 Å². The maximum Gasteiger partial charge on any atom is 0.248 e. The molecule has 0 saturated heterocycles. The van der Waals surface area contributed by atoms with Gasteiger partial charge in [0.1, 0.15) is 5.69 Å². The van der Waals surface area contributed by atoms with Gasteiger partial charge in [-0.25, -0.2) is 22.0 Å². The molecule has 0 atom stereocenters. The summed E-state index contributed by atoms with van der Waals surface area (Å²) >= 11 is 0. The standard InChI is InChI=1S/C10H6F5NO/c1-2-3-4(17)16-10-8(14)6(12)5(11)7(13)9(10)15/h2-3H,1H3,(H,16,17)/b3-2+. The van der Waals surface area contributed by atoms with E-state index in [9.17, 15) is 26.7 Å². The predicted octanol–water partition coefficient (Wildman–Crippen LogP) is 2.90. The van der Waals surface area contributed by atoms with Gasteiger partial charge in [-0.2, -0.15) is 0 Å². The third-order valence-corrected chi connectivity index (χ3v) is 1.78. The molecule has 0 heterocycles. The Hall–Kier alpha value is -1.92. The summed E-state index contributed by atoms with van der Waals surface area (Å²) in [6, 6.07) is 0. The monoisotopic (exact) mass is 251 g/mol. The van der Waals surface area contributed by atoms with Crippen LogP contribution in [0.2, 0.25) is 0 Å². The van der Waals surface area contributed by atoms with Crippen LogP contribution in [-0.2, 0) is 4.79 Å². The maximum atomic E-state index is 13.0. The van der Waals surface area contributed by atoms with E-state index in [0.29, 0.717) is 0 Å².